The van der Waals surface area contributed by atoms with Gasteiger partial charge >= 0.3 is 11.9 Å². The van der Waals surface area contributed by atoms with E-state index in [0.717, 1.165) is 5.57 Å². The number of aliphatic hydroxyl groups is 4. The van der Waals surface area contributed by atoms with Crippen molar-refractivity contribution in [2.45, 2.75) is 104 Å². The Morgan fingerprint density at radius 2 is 1.55 bits per heavy atom. The predicted molar refractivity (Wildman–Crippen MR) is 139 cm³/mol. The fourth-order valence-corrected chi connectivity index (χ4v) is 11.1. The van der Waals surface area contributed by atoms with Crippen LogP contribution >= 0.6 is 0 Å². The first kappa shape index (κ1) is 28.1. The van der Waals surface area contributed by atoms with Crippen molar-refractivity contribution < 1.29 is 40.2 Å². The van der Waals surface area contributed by atoms with Crippen molar-refractivity contribution in [3.63, 3.8) is 0 Å². The van der Waals surface area contributed by atoms with Crippen LogP contribution in [0.5, 0.6) is 0 Å². The van der Waals surface area contributed by atoms with Crippen LogP contribution in [0.1, 0.15) is 86.0 Å². The fraction of sp³-hybridized carbons (Fsp3) is 0.867. The number of carboxylic acids is 2. The van der Waals surface area contributed by atoms with Gasteiger partial charge in [-0.25, -0.2) is 0 Å². The lowest BCUT2D eigenvalue weighted by atomic mass is 9.33. The van der Waals surface area contributed by atoms with Crippen LogP contribution in [0.25, 0.3) is 0 Å². The monoisotopic (exact) mass is 534 g/mol. The molecule has 8 nitrogen and oxygen atoms in total. The number of aliphatic hydroxyl groups excluding tert-OH is 4. The number of hydrogen-bond donors (Lipinski definition) is 6. The van der Waals surface area contributed by atoms with Crippen molar-refractivity contribution >= 4 is 11.9 Å². The van der Waals surface area contributed by atoms with Crippen LogP contribution in [0, 0.1) is 50.2 Å². The standard InChI is InChI=1S/C30H46O8/c1-25(2)12-17-16-6-7-19-26(3)13-18(32)22(34)28(5,23(35)36)20(26)8-9-27(19,4)29(16,15-31)10-11-30(17,24(37)38)21(33)14-25/h6,17-22,31-34H,7-15H2,1-5H3,(H,35,36)(H,37,38). The first-order chi connectivity index (χ1) is 17.5. The summed E-state index contributed by atoms with van der Waals surface area (Å²) in [4.78, 5) is 25.4. The highest BCUT2D eigenvalue weighted by molar-refractivity contribution is 5.78. The Balaban J connectivity index is 1.66. The Bertz CT molecular complexity index is 1070. The van der Waals surface area contributed by atoms with E-state index in [1.807, 2.05) is 0 Å². The van der Waals surface area contributed by atoms with Crippen molar-refractivity contribution in [1.29, 1.82) is 0 Å². The van der Waals surface area contributed by atoms with Gasteiger partial charge in [0.15, 0.2) is 0 Å². The SMILES string of the molecule is CC1(C)CC(O)C2(C(=O)O)CCC3(CO)C(=CCC4C5(C)CC(O)C(O)C(C)(C(=O)O)C5CCC43C)C2C1. The summed E-state index contributed by atoms with van der Waals surface area (Å²) in [5.41, 5.74) is -3.83. The lowest BCUT2D eigenvalue weighted by Crippen LogP contribution is -2.70. The zero-order chi connectivity index (χ0) is 28.3. The van der Waals surface area contributed by atoms with Crippen molar-refractivity contribution in [1.82, 2.24) is 0 Å². The Morgan fingerprint density at radius 1 is 0.895 bits per heavy atom. The fourth-order valence-electron chi connectivity index (χ4n) is 11.1. The summed E-state index contributed by atoms with van der Waals surface area (Å²) in [6.45, 7) is 9.79. The van der Waals surface area contributed by atoms with Gasteiger partial charge in [0.2, 0.25) is 0 Å². The molecule has 5 aliphatic carbocycles. The molecule has 6 N–H and O–H groups in total. The molecular weight excluding hydrogens is 488 g/mol. The van der Waals surface area contributed by atoms with Gasteiger partial charge in [0.25, 0.3) is 0 Å². The van der Waals surface area contributed by atoms with Crippen LogP contribution in [0.3, 0.4) is 0 Å². The molecule has 5 rings (SSSR count). The molecule has 8 heteroatoms. The van der Waals surface area contributed by atoms with Crippen LogP contribution < -0.4 is 0 Å². The first-order valence-electron chi connectivity index (χ1n) is 14.3. The zero-order valence-corrected chi connectivity index (χ0v) is 23.4. The maximum absolute atomic E-state index is 12.8. The maximum atomic E-state index is 12.8. The quantitative estimate of drug-likeness (QED) is 0.302. The van der Waals surface area contributed by atoms with E-state index in [4.69, 9.17) is 0 Å². The topological polar surface area (TPSA) is 156 Å². The lowest BCUT2D eigenvalue weighted by molar-refractivity contribution is -0.246. The largest absolute Gasteiger partial charge is 0.481 e. The average molecular weight is 535 g/mol. The van der Waals surface area contributed by atoms with Crippen molar-refractivity contribution in [2.75, 3.05) is 6.61 Å². The van der Waals surface area contributed by atoms with E-state index in [1.54, 1.807) is 6.92 Å². The van der Waals surface area contributed by atoms with Crippen molar-refractivity contribution in [3.05, 3.63) is 11.6 Å². The van der Waals surface area contributed by atoms with Crippen molar-refractivity contribution in [3.8, 4) is 0 Å². The van der Waals surface area contributed by atoms with Gasteiger partial charge in [-0.05, 0) is 92.3 Å². The van der Waals surface area contributed by atoms with Gasteiger partial charge < -0.3 is 30.6 Å². The van der Waals surface area contributed by atoms with Crippen LogP contribution in [0.2, 0.25) is 0 Å². The minimum atomic E-state index is -1.49. The highest BCUT2D eigenvalue weighted by Gasteiger charge is 2.73. The van der Waals surface area contributed by atoms with Crippen LogP contribution in [0.4, 0.5) is 0 Å². The molecule has 0 aromatic heterocycles. The van der Waals surface area contributed by atoms with Gasteiger partial charge in [0.05, 0.1) is 30.3 Å². The molecule has 0 aromatic rings. The van der Waals surface area contributed by atoms with Crippen LogP contribution in [0.15, 0.2) is 11.6 Å². The molecule has 4 saturated carbocycles. The van der Waals surface area contributed by atoms with E-state index < -0.39 is 63.2 Å². The van der Waals surface area contributed by atoms with Gasteiger partial charge in [-0.1, -0.05) is 39.3 Å². The molecule has 38 heavy (non-hydrogen) atoms. The van der Waals surface area contributed by atoms with E-state index in [-0.39, 0.29) is 36.7 Å². The summed E-state index contributed by atoms with van der Waals surface area (Å²) in [5, 5.41) is 65.1. The molecule has 0 spiro atoms. The summed E-state index contributed by atoms with van der Waals surface area (Å²) in [6, 6.07) is 0. The third-order valence-electron chi connectivity index (χ3n) is 13.1. The normalized spacial score (nSPS) is 53.4. The number of rotatable bonds is 3. The molecule has 11 atom stereocenters. The molecule has 0 bridgehead atoms. The van der Waals surface area contributed by atoms with Crippen LogP contribution in [-0.4, -0.2) is 67.5 Å². The highest BCUT2D eigenvalue weighted by Crippen LogP contribution is 2.75. The Morgan fingerprint density at radius 3 is 2.13 bits per heavy atom. The van der Waals surface area contributed by atoms with Gasteiger partial charge in [-0.3, -0.25) is 9.59 Å². The van der Waals surface area contributed by atoms with Crippen molar-refractivity contribution in [2.24, 2.45) is 50.2 Å². The lowest BCUT2D eigenvalue weighted by Gasteiger charge is -2.71. The summed E-state index contributed by atoms with van der Waals surface area (Å²) in [7, 11) is 0. The molecule has 0 amide bonds. The molecule has 11 unspecified atom stereocenters. The molecule has 214 valence electrons. The second-order valence-electron chi connectivity index (χ2n) is 15.0. The predicted octanol–water partition coefficient (Wildman–Crippen LogP) is 3.21. The van der Waals surface area contributed by atoms with E-state index in [9.17, 15) is 40.2 Å². The number of fused-ring (bicyclic) bond motifs is 7. The van der Waals surface area contributed by atoms with Gasteiger partial charge in [0, 0.05) is 5.41 Å². The molecule has 0 radical (unpaired) electrons. The number of carbonyl (C=O) groups is 2. The van der Waals surface area contributed by atoms with Gasteiger partial charge in [-0.2, -0.15) is 0 Å². The number of aliphatic carboxylic acids is 2. The third-order valence-corrected chi connectivity index (χ3v) is 13.1. The van der Waals surface area contributed by atoms with E-state index >= 15 is 0 Å². The van der Waals surface area contributed by atoms with Crippen LogP contribution in [-0.2, 0) is 9.59 Å². The van der Waals surface area contributed by atoms with E-state index in [2.05, 4.69) is 33.8 Å². The average Bonchev–Trinajstić information content (AvgIpc) is 2.81. The number of hydrogen-bond acceptors (Lipinski definition) is 6. The minimum Gasteiger partial charge on any atom is -0.481 e. The zero-order valence-electron chi connectivity index (χ0n) is 23.4. The Hall–Kier alpha value is -1.48. The maximum Gasteiger partial charge on any atom is 0.312 e. The second-order valence-corrected chi connectivity index (χ2v) is 15.0. The highest BCUT2D eigenvalue weighted by atomic mass is 16.4. The Kier molecular flexibility index (Phi) is 6.11. The molecule has 5 aliphatic rings. The molecule has 0 heterocycles. The summed E-state index contributed by atoms with van der Waals surface area (Å²) >= 11 is 0. The number of allylic oxidation sites excluding steroid dienone is 1. The second kappa shape index (κ2) is 8.27. The molecular formula is C30H46O8. The van der Waals surface area contributed by atoms with E-state index in [0.29, 0.717) is 38.5 Å². The Labute approximate surface area is 225 Å². The smallest absolute Gasteiger partial charge is 0.312 e. The van der Waals surface area contributed by atoms with Gasteiger partial charge in [-0.15, -0.1) is 0 Å². The molecule has 4 fully saturated rings. The van der Waals surface area contributed by atoms with Gasteiger partial charge in [0.1, 0.15) is 5.41 Å². The minimum absolute atomic E-state index is 0.0654. The van der Waals surface area contributed by atoms with E-state index in [1.165, 1.54) is 0 Å². The molecule has 0 aromatic carbocycles. The summed E-state index contributed by atoms with van der Waals surface area (Å²) in [5.74, 6) is -2.89. The third kappa shape index (κ3) is 3.12. The molecule has 0 saturated heterocycles. The summed E-state index contributed by atoms with van der Waals surface area (Å²) < 4.78 is 0. The number of carboxylic acid groups (broad SMARTS) is 2. The first-order valence-corrected chi connectivity index (χ1v) is 14.3. The summed E-state index contributed by atoms with van der Waals surface area (Å²) in [6.07, 6.45) is 2.39. The molecule has 0 aliphatic heterocycles.